The normalized spacial score (nSPS) is 10.8. The standard InChI is InChI=1S/C11H7N7O4/c12-4-7(10-14-16-17-15-10)5-13-8-2-1-6(11(19)20)3-9(8)18(21)22/h1-3,5,13H,(H,19,20)(H,14,15,16,17). The van der Waals surface area contributed by atoms with Crippen LogP contribution in [0.5, 0.6) is 0 Å². The molecule has 0 amide bonds. The first-order chi connectivity index (χ1) is 10.5. The van der Waals surface area contributed by atoms with Crippen molar-refractivity contribution in [2.45, 2.75) is 0 Å². The maximum atomic E-state index is 11.0. The summed E-state index contributed by atoms with van der Waals surface area (Å²) in [7, 11) is 0. The van der Waals surface area contributed by atoms with Crippen LogP contribution < -0.4 is 5.32 Å². The van der Waals surface area contributed by atoms with Gasteiger partial charge in [-0.25, -0.2) is 4.79 Å². The number of benzene rings is 1. The van der Waals surface area contributed by atoms with Gasteiger partial charge in [0, 0.05) is 12.3 Å². The topological polar surface area (TPSA) is 171 Å². The van der Waals surface area contributed by atoms with Gasteiger partial charge < -0.3 is 10.4 Å². The van der Waals surface area contributed by atoms with E-state index in [-0.39, 0.29) is 22.6 Å². The molecule has 0 unspecified atom stereocenters. The predicted octanol–water partition coefficient (Wildman–Crippen LogP) is 0.783. The zero-order valence-corrected chi connectivity index (χ0v) is 10.7. The number of carboxylic acids is 1. The van der Waals surface area contributed by atoms with Crippen molar-refractivity contribution in [1.29, 1.82) is 5.26 Å². The number of nitrogens with one attached hydrogen (secondary N) is 2. The zero-order chi connectivity index (χ0) is 16.1. The smallest absolute Gasteiger partial charge is 0.335 e. The number of aromatic nitrogens is 4. The van der Waals surface area contributed by atoms with Gasteiger partial charge in [-0.05, 0) is 17.3 Å². The van der Waals surface area contributed by atoms with E-state index in [0.717, 1.165) is 12.3 Å². The lowest BCUT2D eigenvalue weighted by atomic mass is 10.1. The molecule has 0 saturated heterocycles. The largest absolute Gasteiger partial charge is 0.478 e. The van der Waals surface area contributed by atoms with Crippen molar-refractivity contribution in [2.75, 3.05) is 5.32 Å². The van der Waals surface area contributed by atoms with Crippen molar-refractivity contribution >= 4 is 22.9 Å². The van der Waals surface area contributed by atoms with Crippen molar-refractivity contribution in [3.8, 4) is 6.07 Å². The van der Waals surface area contributed by atoms with E-state index >= 15 is 0 Å². The molecule has 11 nitrogen and oxygen atoms in total. The number of rotatable bonds is 5. The first-order valence-electron chi connectivity index (χ1n) is 5.65. The minimum Gasteiger partial charge on any atom is -0.478 e. The number of anilines is 1. The van der Waals surface area contributed by atoms with Crippen molar-refractivity contribution in [2.24, 2.45) is 0 Å². The van der Waals surface area contributed by atoms with Crippen molar-refractivity contribution in [3.05, 3.63) is 45.9 Å². The summed E-state index contributed by atoms with van der Waals surface area (Å²) in [6.07, 6.45) is 1.16. The van der Waals surface area contributed by atoms with Crippen LogP contribution in [0.4, 0.5) is 11.4 Å². The van der Waals surface area contributed by atoms with Gasteiger partial charge in [0.1, 0.15) is 17.3 Å². The molecule has 11 heteroatoms. The summed E-state index contributed by atoms with van der Waals surface area (Å²) in [6.45, 7) is 0. The molecule has 110 valence electrons. The van der Waals surface area contributed by atoms with Gasteiger partial charge in [0.2, 0.25) is 5.82 Å². The van der Waals surface area contributed by atoms with Crippen LogP contribution in [-0.4, -0.2) is 36.6 Å². The third-order valence-corrected chi connectivity index (χ3v) is 2.52. The fourth-order valence-corrected chi connectivity index (χ4v) is 1.51. The van der Waals surface area contributed by atoms with E-state index in [1.807, 2.05) is 0 Å². The number of allylic oxidation sites excluding steroid dienone is 1. The highest BCUT2D eigenvalue weighted by molar-refractivity contribution is 5.90. The van der Waals surface area contributed by atoms with E-state index < -0.39 is 16.6 Å². The first-order valence-corrected chi connectivity index (χ1v) is 5.65. The fourth-order valence-electron chi connectivity index (χ4n) is 1.51. The molecule has 0 bridgehead atoms. The number of hydrogen-bond donors (Lipinski definition) is 3. The fraction of sp³-hybridized carbons (Fsp3) is 0. The molecule has 0 radical (unpaired) electrons. The third kappa shape index (κ3) is 3.02. The minimum absolute atomic E-state index is 0.00893. The van der Waals surface area contributed by atoms with Crippen molar-refractivity contribution in [3.63, 3.8) is 0 Å². The van der Waals surface area contributed by atoms with Crippen LogP contribution in [-0.2, 0) is 0 Å². The number of carbonyl (C=O) groups is 1. The molecular formula is C11H7N7O4. The Hall–Kier alpha value is -3.81. The Balaban J connectivity index is 2.35. The maximum absolute atomic E-state index is 11.0. The molecule has 0 aliphatic carbocycles. The molecule has 0 aliphatic rings. The number of aromatic carboxylic acids is 1. The average Bonchev–Trinajstić information content (AvgIpc) is 3.02. The number of nitriles is 1. The van der Waals surface area contributed by atoms with E-state index in [9.17, 15) is 14.9 Å². The molecule has 22 heavy (non-hydrogen) atoms. The molecule has 0 aliphatic heterocycles. The highest BCUT2D eigenvalue weighted by Crippen LogP contribution is 2.26. The maximum Gasteiger partial charge on any atom is 0.335 e. The van der Waals surface area contributed by atoms with Gasteiger partial charge in [-0.2, -0.15) is 10.5 Å². The molecule has 0 saturated carbocycles. The number of nitrogens with zero attached hydrogens (tertiary/aromatic N) is 5. The average molecular weight is 301 g/mol. The number of carboxylic acid groups (broad SMARTS) is 1. The molecule has 0 fully saturated rings. The molecular weight excluding hydrogens is 294 g/mol. The molecule has 3 N–H and O–H groups in total. The monoisotopic (exact) mass is 301 g/mol. The Labute approximate surface area is 122 Å². The van der Waals surface area contributed by atoms with Crippen LogP contribution in [0.3, 0.4) is 0 Å². The van der Waals surface area contributed by atoms with Gasteiger partial charge in [0.05, 0.1) is 10.5 Å². The second kappa shape index (κ2) is 6.09. The Morgan fingerprint density at radius 2 is 2.32 bits per heavy atom. The molecule has 1 heterocycles. The lowest BCUT2D eigenvalue weighted by molar-refractivity contribution is -0.384. The van der Waals surface area contributed by atoms with Crippen LogP contribution in [0.15, 0.2) is 24.4 Å². The quantitative estimate of drug-likeness (QED) is 0.410. The third-order valence-electron chi connectivity index (χ3n) is 2.52. The van der Waals surface area contributed by atoms with Crippen LogP contribution >= 0.6 is 0 Å². The summed E-state index contributed by atoms with van der Waals surface area (Å²) in [5.41, 5.74) is -0.655. The number of H-pyrrole nitrogens is 1. The first kappa shape index (κ1) is 14.6. The molecule has 1 aromatic heterocycles. The van der Waals surface area contributed by atoms with Gasteiger partial charge in [0.15, 0.2) is 0 Å². The molecule has 2 rings (SSSR count). The molecule has 1 aromatic carbocycles. The Morgan fingerprint density at radius 1 is 1.55 bits per heavy atom. The number of nitro groups is 1. The SMILES string of the molecule is N#CC(=CNc1ccc(C(=O)O)cc1[N+](=O)[O-])c1nn[nH]n1. The van der Waals surface area contributed by atoms with Gasteiger partial charge in [-0.3, -0.25) is 10.1 Å². The Bertz CT molecular complexity index is 791. The van der Waals surface area contributed by atoms with Crippen molar-refractivity contribution < 1.29 is 14.8 Å². The summed E-state index contributed by atoms with van der Waals surface area (Å²) in [5, 5.41) is 44.0. The summed E-state index contributed by atoms with van der Waals surface area (Å²) in [4.78, 5) is 21.1. The van der Waals surface area contributed by atoms with Gasteiger partial charge in [-0.15, -0.1) is 10.2 Å². The van der Waals surface area contributed by atoms with E-state index in [2.05, 4.69) is 25.9 Å². The molecule has 0 atom stereocenters. The van der Waals surface area contributed by atoms with Crippen LogP contribution in [0.2, 0.25) is 0 Å². The second-order valence-corrected chi connectivity index (χ2v) is 3.84. The van der Waals surface area contributed by atoms with Crippen LogP contribution in [0.1, 0.15) is 16.2 Å². The molecule has 2 aromatic rings. The van der Waals surface area contributed by atoms with Gasteiger partial charge >= 0.3 is 5.97 Å². The summed E-state index contributed by atoms with van der Waals surface area (Å²) in [5.74, 6) is -1.27. The van der Waals surface area contributed by atoms with Crippen molar-refractivity contribution in [1.82, 2.24) is 20.6 Å². The van der Waals surface area contributed by atoms with E-state index in [4.69, 9.17) is 10.4 Å². The summed E-state index contributed by atoms with van der Waals surface area (Å²) in [6, 6.07) is 5.14. The highest BCUT2D eigenvalue weighted by Gasteiger charge is 2.17. The Kier molecular flexibility index (Phi) is 4.04. The molecule has 0 spiro atoms. The van der Waals surface area contributed by atoms with Crippen LogP contribution in [0, 0.1) is 21.4 Å². The summed E-state index contributed by atoms with van der Waals surface area (Å²) < 4.78 is 0. The zero-order valence-electron chi connectivity index (χ0n) is 10.7. The lowest BCUT2D eigenvalue weighted by Crippen LogP contribution is -2.02. The second-order valence-electron chi connectivity index (χ2n) is 3.84. The predicted molar refractivity (Wildman–Crippen MR) is 71.4 cm³/mol. The Morgan fingerprint density at radius 3 is 2.86 bits per heavy atom. The lowest BCUT2D eigenvalue weighted by Gasteiger charge is -2.04. The van der Waals surface area contributed by atoms with Gasteiger partial charge in [-0.1, -0.05) is 0 Å². The van der Waals surface area contributed by atoms with E-state index in [1.54, 1.807) is 6.07 Å². The number of nitro benzene ring substituents is 1. The van der Waals surface area contributed by atoms with Gasteiger partial charge in [0.25, 0.3) is 5.69 Å². The number of tetrazole rings is 1. The minimum atomic E-state index is -1.28. The van der Waals surface area contributed by atoms with E-state index in [0.29, 0.717) is 0 Å². The van der Waals surface area contributed by atoms with Crippen LogP contribution in [0.25, 0.3) is 5.57 Å². The number of hydrogen-bond acceptors (Lipinski definition) is 8. The van der Waals surface area contributed by atoms with E-state index in [1.165, 1.54) is 12.1 Å². The summed E-state index contributed by atoms with van der Waals surface area (Å²) >= 11 is 0. The highest BCUT2D eigenvalue weighted by atomic mass is 16.6. The number of aromatic amines is 1.